The highest BCUT2D eigenvalue weighted by Gasteiger charge is 2.30. The lowest BCUT2D eigenvalue weighted by Crippen LogP contribution is -2.46. The van der Waals surface area contributed by atoms with Crippen molar-refractivity contribution >= 4 is 22.8 Å². The van der Waals surface area contributed by atoms with Gasteiger partial charge in [0.1, 0.15) is 6.04 Å². The molecular weight excluding hydrogens is 422 g/mol. The Kier molecular flexibility index (Phi) is 6.72. The van der Waals surface area contributed by atoms with Crippen LogP contribution in [0.4, 0.5) is 0 Å². The molecule has 1 aliphatic rings. The molecule has 1 aromatic heterocycles. The molecule has 172 valence electrons. The van der Waals surface area contributed by atoms with Crippen molar-refractivity contribution in [1.29, 1.82) is 0 Å². The van der Waals surface area contributed by atoms with Gasteiger partial charge in [-0.1, -0.05) is 42.5 Å². The molecule has 1 aliphatic carbocycles. The lowest BCUT2D eigenvalue weighted by atomic mass is 9.81. The van der Waals surface area contributed by atoms with Gasteiger partial charge in [0, 0.05) is 18.9 Å². The van der Waals surface area contributed by atoms with Crippen molar-refractivity contribution < 1.29 is 14.7 Å². The minimum absolute atomic E-state index is 0.105. The first-order valence-corrected chi connectivity index (χ1v) is 11.2. The first kappa shape index (κ1) is 22.5. The molecule has 1 atom stereocenters. The third kappa shape index (κ3) is 5.22. The van der Waals surface area contributed by atoms with Crippen LogP contribution < -0.4 is 16.6 Å². The number of rotatable bonds is 7. The number of aromatic amines is 1. The second kappa shape index (κ2) is 9.85. The van der Waals surface area contributed by atoms with Gasteiger partial charge in [-0.2, -0.15) is 0 Å². The van der Waals surface area contributed by atoms with E-state index < -0.39 is 17.7 Å². The van der Waals surface area contributed by atoms with Crippen molar-refractivity contribution in [2.45, 2.75) is 44.7 Å². The molecule has 1 amide bonds. The molecule has 4 rings (SSSR count). The predicted octanol–water partition coefficient (Wildman–Crippen LogP) is 2.31. The zero-order valence-corrected chi connectivity index (χ0v) is 18.2. The monoisotopic (exact) mass is 449 g/mol. The SMILES string of the molecule is O=C(N[C@@H](Cc1ccccc1)C(=O)O)C1CCC(Cn2c(=O)[nH]c3ccccc3c2=O)CC1. The quantitative estimate of drug-likeness (QED) is 0.511. The Morgan fingerprint density at radius 3 is 2.36 bits per heavy atom. The van der Waals surface area contributed by atoms with Crippen LogP contribution in [-0.2, 0) is 22.6 Å². The van der Waals surface area contributed by atoms with Crippen LogP contribution in [0.15, 0.2) is 64.2 Å². The number of carboxylic acid groups (broad SMARTS) is 1. The van der Waals surface area contributed by atoms with E-state index in [0.29, 0.717) is 43.1 Å². The van der Waals surface area contributed by atoms with E-state index >= 15 is 0 Å². The number of amides is 1. The molecule has 0 saturated heterocycles. The van der Waals surface area contributed by atoms with Gasteiger partial charge in [0.2, 0.25) is 5.91 Å². The molecule has 8 heteroatoms. The smallest absolute Gasteiger partial charge is 0.328 e. The molecule has 2 aromatic carbocycles. The van der Waals surface area contributed by atoms with Crippen molar-refractivity contribution in [1.82, 2.24) is 14.9 Å². The fourth-order valence-corrected chi connectivity index (χ4v) is 4.57. The second-order valence-electron chi connectivity index (χ2n) is 8.70. The summed E-state index contributed by atoms with van der Waals surface area (Å²) in [5.41, 5.74) is 0.635. The zero-order chi connectivity index (χ0) is 23.4. The average Bonchev–Trinajstić information content (AvgIpc) is 2.82. The van der Waals surface area contributed by atoms with Crippen molar-refractivity contribution in [3.63, 3.8) is 0 Å². The van der Waals surface area contributed by atoms with Crippen molar-refractivity contribution in [3.05, 3.63) is 81.0 Å². The summed E-state index contributed by atoms with van der Waals surface area (Å²) in [6, 6.07) is 15.2. The van der Waals surface area contributed by atoms with Gasteiger partial charge in [0.15, 0.2) is 0 Å². The standard InChI is InChI=1S/C25H27N3O5/c29-22(26-21(24(31)32)14-16-6-2-1-3-7-16)18-12-10-17(11-13-18)15-28-23(30)19-8-4-5-9-20(19)27-25(28)33/h1-9,17-18,21H,10-15H2,(H,26,29)(H,27,33)(H,31,32)/t17?,18?,21-/m0/s1. The zero-order valence-electron chi connectivity index (χ0n) is 18.2. The highest BCUT2D eigenvalue weighted by Crippen LogP contribution is 2.29. The van der Waals surface area contributed by atoms with Crippen LogP contribution in [0.5, 0.6) is 0 Å². The van der Waals surface area contributed by atoms with Gasteiger partial charge in [-0.25, -0.2) is 9.59 Å². The minimum Gasteiger partial charge on any atom is -0.480 e. The number of aromatic nitrogens is 2. The number of carbonyl (C=O) groups is 2. The lowest BCUT2D eigenvalue weighted by Gasteiger charge is -2.29. The number of aliphatic carboxylic acids is 1. The summed E-state index contributed by atoms with van der Waals surface area (Å²) in [6.45, 7) is 0.305. The fourth-order valence-electron chi connectivity index (χ4n) is 4.57. The molecule has 1 heterocycles. The summed E-state index contributed by atoms with van der Waals surface area (Å²) < 4.78 is 1.24. The van der Waals surface area contributed by atoms with Crippen molar-refractivity contribution in [3.8, 4) is 0 Å². The van der Waals surface area contributed by atoms with Gasteiger partial charge in [-0.3, -0.25) is 14.2 Å². The number of fused-ring (bicyclic) bond motifs is 1. The van der Waals surface area contributed by atoms with E-state index in [1.165, 1.54) is 4.57 Å². The van der Waals surface area contributed by atoms with E-state index in [1.807, 2.05) is 30.3 Å². The Morgan fingerprint density at radius 2 is 1.67 bits per heavy atom. The van der Waals surface area contributed by atoms with Crippen molar-refractivity contribution in [2.24, 2.45) is 11.8 Å². The summed E-state index contributed by atoms with van der Waals surface area (Å²) in [4.78, 5) is 52.3. The van der Waals surface area contributed by atoms with Gasteiger partial charge in [0.05, 0.1) is 10.9 Å². The van der Waals surface area contributed by atoms with Gasteiger partial charge in [0.25, 0.3) is 5.56 Å². The van der Waals surface area contributed by atoms with E-state index in [4.69, 9.17) is 0 Å². The number of hydrogen-bond donors (Lipinski definition) is 3. The maximum atomic E-state index is 12.8. The summed E-state index contributed by atoms with van der Waals surface area (Å²) >= 11 is 0. The second-order valence-corrected chi connectivity index (χ2v) is 8.70. The van der Waals surface area contributed by atoms with E-state index in [1.54, 1.807) is 24.3 Å². The third-order valence-corrected chi connectivity index (χ3v) is 6.44. The van der Waals surface area contributed by atoms with Crippen LogP contribution >= 0.6 is 0 Å². The number of hydrogen-bond acceptors (Lipinski definition) is 4. The molecular formula is C25H27N3O5. The van der Waals surface area contributed by atoms with Gasteiger partial charge >= 0.3 is 11.7 Å². The molecule has 0 spiro atoms. The number of nitrogens with one attached hydrogen (secondary N) is 2. The van der Waals surface area contributed by atoms with E-state index in [-0.39, 0.29) is 29.7 Å². The van der Waals surface area contributed by atoms with Crippen LogP contribution in [-0.4, -0.2) is 32.6 Å². The van der Waals surface area contributed by atoms with E-state index in [9.17, 15) is 24.3 Å². The Hall–Kier alpha value is -3.68. The summed E-state index contributed by atoms with van der Waals surface area (Å²) in [7, 11) is 0. The number of para-hydroxylation sites is 1. The molecule has 1 saturated carbocycles. The Balaban J connectivity index is 1.36. The highest BCUT2D eigenvalue weighted by molar-refractivity contribution is 5.85. The van der Waals surface area contributed by atoms with Crippen LogP contribution in [0.3, 0.4) is 0 Å². The topological polar surface area (TPSA) is 121 Å². The molecule has 1 fully saturated rings. The minimum atomic E-state index is -1.06. The lowest BCUT2D eigenvalue weighted by molar-refractivity contribution is -0.142. The molecule has 0 unspecified atom stereocenters. The predicted molar refractivity (Wildman–Crippen MR) is 124 cm³/mol. The van der Waals surface area contributed by atoms with Crippen LogP contribution in [0.1, 0.15) is 31.2 Å². The van der Waals surface area contributed by atoms with Gasteiger partial charge in [-0.15, -0.1) is 0 Å². The largest absolute Gasteiger partial charge is 0.480 e. The molecule has 8 nitrogen and oxygen atoms in total. The van der Waals surface area contributed by atoms with Crippen LogP contribution in [0.25, 0.3) is 10.9 Å². The molecule has 0 aliphatic heterocycles. The normalized spacial score (nSPS) is 19.2. The molecule has 0 bridgehead atoms. The summed E-state index contributed by atoms with van der Waals surface area (Å²) in [6.07, 6.45) is 2.79. The first-order valence-electron chi connectivity index (χ1n) is 11.2. The summed E-state index contributed by atoms with van der Waals surface area (Å²) in [5.74, 6) is -1.48. The Morgan fingerprint density at radius 1 is 1.00 bits per heavy atom. The first-order chi connectivity index (χ1) is 15.9. The van der Waals surface area contributed by atoms with Gasteiger partial charge < -0.3 is 15.4 Å². The average molecular weight is 450 g/mol. The number of benzene rings is 2. The Bertz CT molecular complexity index is 1260. The number of nitrogens with zero attached hydrogens (tertiary/aromatic N) is 1. The van der Waals surface area contributed by atoms with Crippen molar-refractivity contribution in [2.75, 3.05) is 0 Å². The molecule has 3 aromatic rings. The van der Waals surface area contributed by atoms with E-state index in [2.05, 4.69) is 10.3 Å². The van der Waals surface area contributed by atoms with Crippen LogP contribution in [0, 0.1) is 11.8 Å². The highest BCUT2D eigenvalue weighted by atomic mass is 16.4. The Labute approximate surface area is 190 Å². The number of carboxylic acids is 1. The van der Waals surface area contributed by atoms with E-state index in [0.717, 1.165) is 5.56 Å². The molecule has 0 radical (unpaired) electrons. The maximum absolute atomic E-state index is 12.8. The number of carbonyl (C=O) groups excluding carboxylic acids is 1. The summed E-state index contributed by atoms with van der Waals surface area (Å²) in [5, 5.41) is 12.7. The van der Waals surface area contributed by atoms with Gasteiger partial charge in [-0.05, 0) is 49.3 Å². The van der Waals surface area contributed by atoms with Crippen LogP contribution in [0.2, 0.25) is 0 Å². The number of H-pyrrole nitrogens is 1. The molecule has 3 N–H and O–H groups in total. The third-order valence-electron chi connectivity index (χ3n) is 6.44. The fraction of sp³-hybridized carbons (Fsp3) is 0.360. The maximum Gasteiger partial charge on any atom is 0.328 e. The molecule has 33 heavy (non-hydrogen) atoms.